The van der Waals surface area contributed by atoms with Crippen LogP contribution >= 0.6 is 0 Å². The summed E-state index contributed by atoms with van der Waals surface area (Å²) in [4.78, 5) is 22.7. The van der Waals surface area contributed by atoms with Crippen molar-refractivity contribution in [2.75, 3.05) is 11.4 Å². The van der Waals surface area contributed by atoms with Crippen LogP contribution < -0.4 is 4.90 Å². The number of fused-ring (bicyclic) bond motifs is 1. The third-order valence-electron chi connectivity index (χ3n) is 3.86. The zero-order valence-electron chi connectivity index (χ0n) is 12.5. The first-order valence-corrected chi connectivity index (χ1v) is 7.51. The Morgan fingerprint density at radius 1 is 1.22 bits per heavy atom. The molecule has 4 nitrogen and oxygen atoms in total. The maximum absolute atomic E-state index is 12.6. The maximum atomic E-state index is 12.6. The van der Waals surface area contributed by atoms with E-state index in [1.807, 2.05) is 6.07 Å². The van der Waals surface area contributed by atoms with Crippen molar-refractivity contribution in [2.45, 2.75) is 44.7 Å². The number of benzene rings is 1. The third kappa shape index (κ3) is 4.46. The average Bonchev–Trinajstić information content (AvgIpc) is 2.49. The average molecular weight is 329 g/mol. The number of unbranched alkanes of at least 4 members (excludes halogenated alkanes) is 1. The fourth-order valence-corrected chi connectivity index (χ4v) is 2.78. The summed E-state index contributed by atoms with van der Waals surface area (Å²) in [6.45, 7) is 0.0727. The highest BCUT2D eigenvalue weighted by atomic mass is 19.4. The van der Waals surface area contributed by atoms with Gasteiger partial charge in [-0.25, -0.2) is 0 Å². The monoisotopic (exact) mass is 329 g/mol. The molecular formula is C16H18F3NO3. The number of alkyl halides is 3. The number of aliphatic carboxylic acids is 1. The summed E-state index contributed by atoms with van der Waals surface area (Å²) >= 11 is 0. The molecule has 1 aliphatic heterocycles. The minimum absolute atomic E-state index is 0.0727. The zero-order chi connectivity index (χ0) is 17.0. The first-order valence-electron chi connectivity index (χ1n) is 7.51. The highest BCUT2D eigenvalue weighted by Crippen LogP contribution is 2.32. The molecule has 1 amide bonds. The van der Waals surface area contributed by atoms with Gasteiger partial charge in [-0.05, 0) is 49.3 Å². The number of nitrogens with zero attached hydrogens (tertiary/aromatic N) is 1. The first kappa shape index (κ1) is 17.3. The number of halogens is 3. The molecule has 7 heteroatoms. The first-order chi connectivity index (χ1) is 10.8. The molecule has 23 heavy (non-hydrogen) atoms. The lowest BCUT2D eigenvalue weighted by Gasteiger charge is -2.30. The second-order valence-electron chi connectivity index (χ2n) is 5.62. The molecule has 0 unspecified atom stereocenters. The largest absolute Gasteiger partial charge is 0.481 e. The van der Waals surface area contributed by atoms with Crippen molar-refractivity contribution in [1.29, 1.82) is 0 Å². The second-order valence-corrected chi connectivity index (χ2v) is 5.62. The van der Waals surface area contributed by atoms with E-state index < -0.39 is 18.1 Å². The van der Waals surface area contributed by atoms with Gasteiger partial charge in [-0.15, -0.1) is 0 Å². The third-order valence-corrected chi connectivity index (χ3v) is 3.86. The van der Waals surface area contributed by atoms with Crippen LogP contribution in [0.25, 0.3) is 0 Å². The number of carbonyl (C=O) groups is 2. The summed E-state index contributed by atoms with van der Waals surface area (Å²) in [5, 5.41) is 8.59. The van der Waals surface area contributed by atoms with Crippen molar-refractivity contribution in [1.82, 2.24) is 0 Å². The number of carbonyl (C=O) groups excluding carboxylic acids is 1. The summed E-state index contributed by atoms with van der Waals surface area (Å²) < 4.78 is 37.9. The number of amides is 1. The van der Waals surface area contributed by atoms with Crippen molar-refractivity contribution < 1.29 is 27.9 Å². The predicted molar refractivity (Wildman–Crippen MR) is 78.4 cm³/mol. The smallest absolute Gasteiger partial charge is 0.471 e. The quantitative estimate of drug-likeness (QED) is 0.843. The molecule has 0 aromatic heterocycles. The van der Waals surface area contributed by atoms with Gasteiger partial charge in [0.1, 0.15) is 0 Å². The van der Waals surface area contributed by atoms with E-state index in [0.717, 1.165) is 16.0 Å². The second kappa shape index (κ2) is 7.02. The van der Waals surface area contributed by atoms with E-state index in [1.165, 1.54) is 0 Å². The molecule has 0 aliphatic carbocycles. The lowest BCUT2D eigenvalue weighted by atomic mass is 9.97. The van der Waals surface area contributed by atoms with Gasteiger partial charge < -0.3 is 10.0 Å². The molecule has 0 saturated heterocycles. The molecule has 1 heterocycles. The molecule has 1 aromatic rings. The van der Waals surface area contributed by atoms with Gasteiger partial charge in [0.15, 0.2) is 0 Å². The van der Waals surface area contributed by atoms with Crippen LogP contribution in [0.2, 0.25) is 0 Å². The minimum Gasteiger partial charge on any atom is -0.481 e. The Bertz CT molecular complexity index is 599. The number of carboxylic acids is 1. The number of rotatable bonds is 5. The molecule has 1 aromatic carbocycles. The minimum atomic E-state index is -4.87. The number of hydrogen-bond donors (Lipinski definition) is 1. The van der Waals surface area contributed by atoms with Crippen LogP contribution in [0.15, 0.2) is 18.2 Å². The lowest BCUT2D eigenvalue weighted by Crippen LogP contribution is -2.43. The number of aryl methyl sites for hydroxylation is 2. The van der Waals surface area contributed by atoms with Crippen molar-refractivity contribution in [3.63, 3.8) is 0 Å². The summed E-state index contributed by atoms with van der Waals surface area (Å²) in [5.41, 5.74) is 2.02. The molecule has 2 rings (SSSR count). The Balaban J connectivity index is 2.08. The van der Waals surface area contributed by atoms with E-state index in [-0.39, 0.29) is 13.0 Å². The lowest BCUT2D eigenvalue weighted by molar-refractivity contribution is -0.170. The Morgan fingerprint density at radius 3 is 2.61 bits per heavy atom. The highest BCUT2D eigenvalue weighted by molar-refractivity contribution is 5.98. The topological polar surface area (TPSA) is 57.6 Å². The summed E-state index contributed by atoms with van der Waals surface area (Å²) in [7, 11) is 0. The molecule has 1 aliphatic rings. The molecule has 126 valence electrons. The molecule has 0 saturated carbocycles. The van der Waals surface area contributed by atoms with Crippen LogP contribution in [0.5, 0.6) is 0 Å². The number of anilines is 1. The van der Waals surface area contributed by atoms with Crippen molar-refractivity contribution in [3.05, 3.63) is 29.3 Å². The zero-order valence-corrected chi connectivity index (χ0v) is 12.5. The Kier molecular flexibility index (Phi) is 5.28. The van der Waals surface area contributed by atoms with Gasteiger partial charge in [0.25, 0.3) is 0 Å². The standard InChI is InChI=1S/C16H18F3NO3/c17-16(18,19)15(23)20-9-3-5-12-10-11(7-8-13(12)20)4-1-2-6-14(21)22/h7-8,10H,1-6,9H2,(H,21,22). The number of carboxylic acid groups (broad SMARTS) is 1. The van der Waals surface area contributed by atoms with Gasteiger partial charge in [-0.2, -0.15) is 13.2 Å². The SMILES string of the molecule is O=C(O)CCCCc1ccc2c(c1)CCCN2C(=O)C(F)(F)F. The Hall–Kier alpha value is -2.05. The van der Waals surface area contributed by atoms with Crippen molar-refractivity contribution in [3.8, 4) is 0 Å². The fraction of sp³-hybridized carbons (Fsp3) is 0.500. The fourth-order valence-electron chi connectivity index (χ4n) is 2.78. The van der Waals surface area contributed by atoms with Crippen LogP contribution in [0.4, 0.5) is 18.9 Å². The van der Waals surface area contributed by atoms with E-state index in [2.05, 4.69) is 0 Å². The van der Waals surface area contributed by atoms with E-state index in [1.54, 1.807) is 12.1 Å². The predicted octanol–water partition coefficient (Wildman–Crippen LogP) is 3.33. The molecule has 0 bridgehead atoms. The van der Waals surface area contributed by atoms with Gasteiger partial charge >= 0.3 is 18.1 Å². The van der Waals surface area contributed by atoms with E-state index in [0.29, 0.717) is 37.8 Å². The molecule has 0 radical (unpaired) electrons. The molecular weight excluding hydrogens is 311 g/mol. The van der Waals surface area contributed by atoms with E-state index in [9.17, 15) is 22.8 Å². The normalized spacial score (nSPS) is 14.5. The number of hydrogen-bond acceptors (Lipinski definition) is 2. The van der Waals surface area contributed by atoms with Crippen molar-refractivity contribution in [2.24, 2.45) is 0 Å². The molecule has 0 atom stereocenters. The summed E-state index contributed by atoms with van der Waals surface area (Å²) in [6, 6.07) is 5.10. The Morgan fingerprint density at radius 2 is 1.96 bits per heavy atom. The van der Waals surface area contributed by atoms with Gasteiger partial charge in [-0.1, -0.05) is 12.1 Å². The molecule has 1 N–H and O–H groups in total. The summed E-state index contributed by atoms with van der Waals surface area (Å²) in [6.07, 6.45) is -1.69. The maximum Gasteiger partial charge on any atom is 0.471 e. The van der Waals surface area contributed by atoms with Crippen LogP contribution in [-0.2, 0) is 22.4 Å². The van der Waals surface area contributed by atoms with Gasteiger partial charge in [0.2, 0.25) is 0 Å². The van der Waals surface area contributed by atoms with E-state index in [4.69, 9.17) is 5.11 Å². The van der Waals surface area contributed by atoms with Gasteiger partial charge in [-0.3, -0.25) is 9.59 Å². The van der Waals surface area contributed by atoms with Gasteiger partial charge in [0, 0.05) is 18.7 Å². The van der Waals surface area contributed by atoms with Gasteiger partial charge in [0.05, 0.1) is 0 Å². The highest BCUT2D eigenvalue weighted by Gasteiger charge is 2.43. The molecule has 0 spiro atoms. The van der Waals surface area contributed by atoms with E-state index >= 15 is 0 Å². The van der Waals surface area contributed by atoms with Crippen LogP contribution in [0.1, 0.15) is 36.8 Å². The van der Waals surface area contributed by atoms with Crippen LogP contribution in [-0.4, -0.2) is 29.7 Å². The van der Waals surface area contributed by atoms with Crippen LogP contribution in [0.3, 0.4) is 0 Å². The van der Waals surface area contributed by atoms with Crippen molar-refractivity contribution >= 4 is 17.6 Å². The summed E-state index contributed by atoms with van der Waals surface area (Å²) in [5.74, 6) is -2.66. The molecule has 0 fully saturated rings. The Labute approximate surface area is 131 Å². The van der Waals surface area contributed by atoms with Crippen LogP contribution in [0, 0.1) is 0 Å².